The summed E-state index contributed by atoms with van der Waals surface area (Å²) >= 11 is 0. The van der Waals surface area contributed by atoms with E-state index in [1.165, 1.54) is 18.5 Å². The van der Waals surface area contributed by atoms with Crippen molar-refractivity contribution >= 4 is 6.98 Å². The van der Waals surface area contributed by atoms with Gasteiger partial charge in [-0.15, -0.1) is 0 Å². The van der Waals surface area contributed by atoms with Crippen LogP contribution in [0.5, 0.6) is 0 Å². The second-order valence-electron chi connectivity index (χ2n) is 3.39. The maximum absolute atomic E-state index is 12.1. The van der Waals surface area contributed by atoms with Gasteiger partial charge in [0.2, 0.25) is 0 Å². The second-order valence-corrected chi connectivity index (χ2v) is 3.39. The van der Waals surface area contributed by atoms with Gasteiger partial charge in [0.05, 0.1) is 12.0 Å². The number of halogens is 3. The van der Waals surface area contributed by atoms with E-state index in [9.17, 15) is 12.9 Å². The Morgan fingerprint density at radius 3 is 2.56 bits per heavy atom. The van der Waals surface area contributed by atoms with Gasteiger partial charge in [0.1, 0.15) is 0 Å². The van der Waals surface area contributed by atoms with Crippen molar-refractivity contribution in [3.8, 4) is 6.07 Å². The van der Waals surface area contributed by atoms with Gasteiger partial charge in [-0.3, -0.25) is 4.98 Å². The van der Waals surface area contributed by atoms with E-state index in [4.69, 9.17) is 5.26 Å². The zero-order valence-corrected chi connectivity index (χ0v) is 12.2. The van der Waals surface area contributed by atoms with Crippen LogP contribution in [-0.4, -0.2) is 12.0 Å². The van der Waals surface area contributed by atoms with Crippen molar-refractivity contribution in [2.45, 2.75) is 19.2 Å². The van der Waals surface area contributed by atoms with E-state index in [-0.39, 0.29) is 56.9 Å². The van der Waals surface area contributed by atoms with Gasteiger partial charge in [-0.1, -0.05) is 17.9 Å². The van der Waals surface area contributed by atoms with Crippen molar-refractivity contribution in [1.29, 1.82) is 5.26 Å². The normalized spacial score (nSPS) is 12.4. The largest absolute Gasteiger partial charge is 1.00 e. The molecule has 0 N–H and O–H groups in total. The molecule has 0 aliphatic rings. The minimum Gasteiger partial charge on any atom is -0.449 e. The summed E-state index contributed by atoms with van der Waals surface area (Å²) in [6.45, 7) is -3.22. The van der Waals surface area contributed by atoms with E-state index in [0.717, 1.165) is 0 Å². The molecule has 0 aliphatic heterocycles. The third-order valence-corrected chi connectivity index (χ3v) is 1.98. The van der Waals surface area contributed by atoms with Gasteiger partial charge in [-0.25, -0.2) is 0 Å². The molecule has 0 saturated heterocycles. The van der Waals surface area contributed by atoms with Crippen molar-refractivity contribution in [3.05, 3.63) is 29.6 Å². The molecular formula is C9H9BF3KN2. The molecule has 1 atom stereocenters. The van der Waals surface area contributed by atoms with Crippen molar-refractivity contribution in [3.63, 3.8) is 0 Å². The molecule has 1 rings (SSSR count). The summed E-state index contributed by atoms with van der Waals surface area (Å²) in [7, 11) is 0. The van der Waals surface area contributed by atoms with Gasteiger partial charge < -0.3 is 12.9 Å². The molecule has 0 aromatic carbocycles. The first-order chi connectivity index (χ1) is 6.92. The summed E-state index contributed by atoms with van der Waals surface area (Å²) in [4.78, 5) is 3.70. The predicted molar refractivity (Wildman–Crippen MR) is 51.0 cm³/mol. The molecule has 80 valence electrons. The van der Waals surface area contributed by atoms with Crippen LogP contribution in [0.4, 0.5) is 12.9 Å². The number of rotatable bonds is 3. The molecule has 16 heavy (non-hydrogen) atoms. The summed E-state index contributed by atoms with van der Waals surface area (Å²) in [6, 6.07) is 3.34. The van der Waals surface area contributed by atoms with Crippen molar-refractivity contribution in [2.24, 2.45) is 0 Å². The molecule has 0 spiro atoms. The van der Waals surface area contributed by atoms with Gasteiger partial charge in [-0.05, 0) is 12.5 Å². The van der Waals surface area contributed by atoms with E-state index in [0.29, 0.717) is 5.56 Å². The Morgan fingerprint density at radius 1 is 1.44 bits per heavy atom. The standard InChI is InChI=1S/C9H9BF3N2.K/c1-7(4-14)9-2-8(5-15-6-9)3-10(11,12)13;/h2,5-7H,3H2,1H3;/q-1;+1. The average Bonchev–Trinajstić information content (AvgIpc) is 2.14. The summed E-state index contributed by atoms with van der Waals surface area (Å²) in [5, 5.41) is 8.62. The van der Waals surface area contributed by atoms with E-state index < -0.39 is 19.2 Å². The van der Waals surface area contributed by atoms with Crippen LogP contribution in [0.2, 0.25) is 0 Å². The van der Waals surface area contributed by atoms with Gasteiger partial charge in [0.25, 0.3) is 0 Å². The first-order valence-electron chi connectivity index (χ1n) is 4.47. The number of hydrogen-bond acceptors (Lipinski definition) is 2. The summed E-state index contributed by atoms with van der Waals surface area (Å²) in [5.41, 5.74) is 0.636. The van der Waals surface area contributed by atoms with Crippen molar-refractivity contribution in [1.82, 2.24) is 4.98 Å². The monoisotopic (exact) mass is 252 g/mol. The summed E-state index contributed by atoms with van der Waals surface area (Å²) in [5.74, 6) is -0.432. The smallest absolute Gasteiger partial charge is 0.449 e. The number of hydrogen-bond donors (Lipinski definition) is 0. The first kappa shape index (κ1) is 16.1. The van der Waals surface area contributed by atoms with Crippen LogP contribution in [-0.2, 0) is 6.32 Å². The second kappa shape index (κ2) is 6.77. The quantitative estimate of drug-likeness (QED) is 0.689. The fourth-order valence-electron chi connectivity index (χ4n) is 1.20. The molecule has 1 heterocycles. The molecule has 1 unspecified atom stereocenters. The third-order valence-electron chi connectivity index (χ3n) is 1.98. The topological polar surface area (TPSA) is 36.7 Å². The molecule has 0 aliphatic carbocycles. The fourth-order valence-corrected chi connectivity index (χ4v) is 1.20. The summed E-state index contributed by atoms with van der Waals surface area (Å²) < 4.78 is 36.4. The first-order valence-corrected chi connectivity index (χ1v) is 4.47. The SMILES string of the molecule is CC(C#N)c1cncc(C[B-](F)(F)F)c1.[K+]. The maximum atomic E-state index is 12.1. The average molecular weight is 252 g/mol. The van der Waals surface area contributed by atoms with Crippen LogP contribution >= 0.6 is 0 Å². The Morgan fingerprint density at radius 2 is 2.06 bits per heavy atom. The maximum Gasteiger partial charge on any atom is 1.00 e. The van der Waals surface area contributed by atoms with Crippen molar-refractivity contribution < 1.29 is 64.3 Å². The molecule has 0 radical (unpaired) electrons. The van der Waals surface area contributed by atoms with Crippen molar-refractivity contribution in [2.75, 3.05) is 0 Å². The number of pyridine rings is 1. The molecule has 0 fully saturated rings. The molecule has 0 saturated carbocycles. The van der Waals surface area contributed by atoms with E-state index in [1.807, 2.05) is 6.07 Å². The Bertz CT molecular complexity index is 389. The van der Waals surface area contributed by atoms with E-state index >= 15 is 0 Å². The Labute approximate surface area is 135 Å². The van der Waals surface area contributed by atoms with Gasteiger partial charge >= 0.3 is 58.4 Å². The third kappa shape index (κ3) is 5.46. The van der Waals surface area contributed by atoms with Crippen LogP contribution in [0.3, 0.4) is 0 Å². The van der Waals surface area contributed by atoms with E-state index in [2.05, 4.69) is 4.98 Å². The number of aromatic nitrogens is 1. The molecule has 2 nitrogen and oxygen atoms in total. The van der Waals surface area contributed by atoms with E-state index in [1.54, 1.807) is 6.92 Å². The zero-order chi connectivity index (χ0) is 11.5. The van der Waals surface area contributed by atoms with Gasteiger partial charge in [-0.2, -0.15) is 5.26 Å². The van der Waals surface area contributed by atoms with Crippen LogP contribution in [0.1, 0.15) is 24.0 Å². The minimum atomic E-state index is -4.85. The summed E-state index contributed by atoms with van der Waals surface area (Å²) in [6.07, 6.45) is 1.66. The minimum absolute atomic E-state index is 0. The molecule has 7 heteroatoms. The van der Waals surface area contributed by atoms with Gasteiger partial charge in [0.15, 0.2) is 0 Å². The number of nitrogens with zero attached hydrogens (tertiary/aromatic N) is 2. The number of nitriles is 1. The van der Waals surface area contributed by atoms with Crippen LogP contribution in [0.15, 0.2) is 18.5 Å². The fraction of sp³-hybridized carbons (Fsp3) is 0.333. The molecule has 0 bridgehead atoms. The van der Waals surface area contributed by atoms with Crippen LogP contribution in [0.25, 0.3) is 0 Å². The van der Waals surface area contributed by atoms with Crippen LogP contribution in [0, 0.1) is 11.3 Å². The Balaban J connectivity index is 0.00000225. The van der Waals surface area contributed by atoms with Gasteiger partial charge in [0, 0.05) is 12.4 Å². The molecule has 1 aromatic heterocycles. The molecule has 1 aromatic rings. The Hall–Kier alpha value is 0.131. The molecule has 0 amide bonds. The zero-order valence-electron chi connectivity index (χ0n) is 9.12. The Kier molecular flexibility index (Phi) is 6.82. The molecular weight excluding hydrogens is 243 g/mol. The van der Waals surface area contributed by atoms with Crippen LogP contribution < -0.4 is 51.4 Å². The predicted octanol–water partition coefficient (Wildman–Crippen LogP) is -0.358.